The predicted octanol–water partition coefficient (Wildman–Crippen LogP) is 6.18. The lowest BCUT2D eigenvalue weighted by Gasteiger charge is -2.38. The predicted molar refractivity (Wildman–Crippen MR) is 143 cm³/mol. The van der Waals surface area contributed by atoms with Crippen LogP contribution in [-0.4, -0.2) is 56.2 Å². The lowest BCUT2D eigenvalue weighted by Crippen LogP contribution is -2.32. The number of anilines is 2. The summed E-state index contributed by atoms with van der Waals surface area (Å²) in [4.78, 5) is 7.15. The molecule has 2 aliphatic rings. The fraction of sp³-hybridized carbons (Fsp3) is 0.556. The van der Waals surface area contributed by atoms with Gasteiger partial charge in [0.1, 0.15) is 0 Å². The van der Waals surface area contributed by atoms with Gasteiger partial charge in [-0.05, 0) is 54.3 Å². The number of nitrogens with zero attached hydrogens (tertiary/aromatic N) is 3. The van der Waals surface area contributed by atoms with Gasteiger partial charge in [0.15, 0.2) is 0 Å². The van der Waals surface area contributed by atoms with Gasteiger partial charge in [0.25, 0.3) is 0 Å². The number of alkyl halides is 1. The van der Waals surface area contributed by atoms with E-state index < -0.39 is 0 Å². The quantitative estimate of drug-likeness (QED) is 0.273. The third-order valence-corrected chi connectivity index (χ3v) is 7.18. The first-order chi connectivity index (χ1) is 15.4. The van der Waals surface area contributed by atoms with Gasteiger partial charge in [-0.1, -0.05) is 60.5 Å². The monoisotopic (exact) mass is 501 g/mol. The molecular weight excluding hydrogens is 462 g/mol. The lowest BCUT2D eigenvalue weighted by molar-refractivity contribution is 0.282. The van der Waals surface area contributed by atoms with Gasteiger partial charge in [-0.15, -0.1) is 0 Å². The van der Waals surface area contributed by atoms with Crippen LogP contribution < -0.4 is 9.80 Å². The molecule has 0 fully saturated rings. The minimum atomic E-state index is 0.225. The van der Waals surface area contributed by atoms with E-state index in [2.05, 4.69) is 95.2 Å². The molecule has 1 N–H and O–H groups in total. The highest BCUT2D eigenvalue weighted by molar-refractivity contribution is 9.09. The molecular formula is C27H40BrN3O. The average molecular weight is 503 g/mol. The molecule has 32 heavy (non-hydrogen) atoms. The number of aliphatic hydroxyl groups is 1. The van der Waals surface area contributed by atoms with Gasteiger partial charge in [-0.3, -0.25) is 0 Å². The summed E-state index contributed by atoms with van der Waals surface area (Å²) in [7, 11) is 8.45. The minimum Gasteiger partial charge on any atom is -0.396 e. The highest BCUT2D eigenvalue weighted by Crippen LogP contribution is 2.42. The second-order valence-electron chi connectivity index (χ2n) is 9.36. The van der Waals surface area contributed by atoms with E-state index in [0.717, 1.165) is 19.4 Å². The van der Waals surface area contributed by atoms with Crippen LogP contribution in [0, 0.1) is 0 Å². The van der Waals surface area contributed by atoms with E-state index in [1.165, 1.54) is 72.4 Å². The topological polar surface area (TPSA) is 30.0 Å². The molecule has 0 bridgehead atoms. The molecule has 1 aliphatic heterocycles. The maximum Gasteiger partial charge on any atom is 0.0618 e. The Hall–Kier alpha value is -1.72. The minimum absolute atomic E-state index is 0.225. The average Bonchev–Trinajstić information content (AvgIpc) is 2.77. The summed E-state index contributed by atoms with van der Waals surface area (Å²) in [6.45, 7) is 1.37. The molecule has 4 nitrogen and oxygen atoms in total. The van der Waals surface area contributed by atoms with E-state index in [0.29, 0.717) is 6.61 Å². The summed E-state index contributed by atoms with van der Waals surface area (Å²) in [6.07, 6.45) is 16.7. The van der Waals surface area contributed by atoms with Crippen molar-refractivity contribution in [3.63, 3.8) is 0 Å². The Morgan fingerprint density at radius 1 is 0.875 bits per heavy atom. The highest BCUT2D eigenvalue weighted by Gasteiger charge is 2.29. The van der Waals surface area contributed by atoms with Crippen LogP contribution in [0.15, 0.2) is 47.3 Å². The van der Waals surface area contributed by atoms with Gasteiger partial charge in [-0.2, -0.15) is 0 Å². The number of halogens is 1. The third kappa shape index (κ3) is 6.20. The first kappa shape index (κ1) is 24.9. The van der Waals surface area contributed by atoms with Crippen molar-refractivity contribution in [1.82, 2.24) is 4.90 Å². The van der Waals surface area contributed by atoms with Crippen molar-refractivity contribution in [2.45, 2.75) is 56.2 Å². The molecule has 1 unspecified atom stereocenters. The molecule has 0 aromatic heterocycles. The SMILES string of the molecule is CN(C)C1=CC(Br)C2=Cc3ccc(N(C)C)cc3N(CCCCCCCCCCO)C2=C1. The number of aliphatic hydroxyl groups excluding tert-OH is 1. The third-order valence-electron chi connectivity index (χ3n) is 6.42. The van der Waals surface area contributed by atoms with Crippen LogP contribution in [-0.2, 0) is 0 Å². The smallest absolute Gasteiger partial charge is 0.0618 e. The number of rotatable bonds is 12. The zero-order chi connectivity index (χ0) is 23.1. The normalized spacial score (nSPS) is 17.2. The van der Waals surface area contributed by atoms with Crippen molar-refractivity contribution in [2.24, 2.45) is 0 Å². The molecule has 1 heterocycles. The van der Waals surface area contributed by atoms with E-state index in [4.69, 9.17) is 5.11 Å². The molecule has 0 saturated heterocycles. The summed E-state index contributed by atoms with van der Waals surface area (Å²) < 4.78 is 0. The zero-order valence-corrected chi connectivity index (χ0v) is 21.9. The van der Waals surface area contributed by atoms with E-state index >= 15 is 0 Å². The van der Waals surface area contributed by atoms with Crippen LogP contribution in [0.1, 0.15) is 56.9 Å². The van der Waals surface area contributed by atoms with Gasteiger partial charge in [0.05, 0.1) is 10.5 Å². The Morgan fingerprint density at radius 3 is 2.16 bits per heavy atom. The summed E-state index contributed by atoms with van der Waals surface area (Å²) in [5.41, 5.74) is 7.78. The summed E-state index contributed by atoms with van der Waals surface area (Å²) in [5, 5.41) is 8.90. The van der Waals surface area contributed by atoms with E-state index in [1.807, 2.05) is 0 Å². The summed E-state index contributed by atoms with van der Waals surface area (Å²) >= 11 is 3.92. The van der Waals surface area contributed by atoms with E-state index in [-0.39, 0.29) is 4.83 Å². The van der Waals surface area contributed by atoms with Crippen molar-refractivity contribution in [3.05, 3.63) is 52.9 Å². The number of unbranched alkanes of at least 4 members (excludes halogenated alkanes) is 7. The van der Waals surface area contributed by atoms with Crippen molar-refractivity contribution in [3.8, 4) is 0 Å². The van der Waals surface area contributed by atoms with Crippen LogP contribution in [0.4, 0.5) is 11.4 Å². The van der Waals surface area contributed by atoms with Gasteiger partial charge in [0, 0.05) is 58.4 Å². The lowest BCUT2D eigenvalue weighted by atomic mass is 9.92. The van der Waals surface area contributed by atoms with Gasteiger partial charge in [-0.25, -0.2) is 0 Å². The van der Waals surface area contributed by atoms with Crippen molar-refractivity contribution >= 4 is 33.4 Å². The van der Waals surface area contributed by atoms with Crippen molar-refractivity contribution in [2.75, 3.05) is 51.1 Å². The second-order valence-corrected chi connectivity index (χ2v) is 10.3. The van der Waals surface area contributed by atoms with Crippen molar-refractivity contribution in [1.29, 1.82) is 0 Å². The zero-order valence-electron chi connectivity index (χ0n) is 20.3. The Bertz CT molecular complexity index is 856. The fourth-order valence-corrected chi connectivity index (χ4v) is 5.10. The molecule has 0 spiro atoms. The number of allylic oxidation sites excluding steroid dienone is 3. The largest absolute Gasteiger partial charge is 0.396 e. The molecule has 176 valence electrons. The highest BCUT2D eigenvalue weighted by atomic mass is 79.9. The Morgan fingerprint density at radius 2 is 1.53 bits per heavy atom. The van der Waals surface area contributed by atoms with E-state index in [9.17, 15) is 0 Å². The molecule has 1 aromatic rings. The first-order valence-corrected chi connectivity index (χ1v) is 13.0. The van der Waals surface area contributed by atoms with Crippen molar-refractivity contribution < 1.29 is 5.11 Å². The van der Waals surface area contributed by atoms with Crippen LogP contribution in [0.25, 0.3) is 6.08 Å². The van der Waals surface area contributed by atoms with Crippen LogP contribution >= 0.6 is 15.9 Å². The van der Waals surface area contributed by atoms with Gasteiger partial charge < -0.3 is 19.8 Å². The number of fused-ring (bicyclic) bond motifs is 2. The van der Waals surface area contributed by atoms with Crippen LogP contribution in [0.5, 0.6) is 0 Å². The number of benzene rings is 1. The fourth-order valence-electron chi connectivity index (χ4n) is 4.46. The molecule has 1 aromatic carbocycles. The molecule has 0 amide bonds. The molecule has 0 saturated carbocycles. The Labute approximate surface area is 203 Å². The van der Waals surface area contributed by atoms with Gasteiger partial charge in [0.2, 0.25) is 0 Å². The molecule has 5 heteroatoms. The van der Waals surface area contributed by atoms with Crippen LogP contribution in [0.2, 0.25) is 0 Å². The molecule has 3 rings (SSSR count). The first-order valence-electron chi connectivity index (χ1n) is 12.1. The van der Waals surface area contributed by atoms with Crippen LogP contribution in [0.3, 0.4) is 0 Å². The van der Waals surface area contributed by atoms with E-state index in [1.54, 1.807) is 0 Å². The molecule has 0 radical (unpaired) electrons. The van der Waals surface area contributed by atoms with Gasteiger partial charge >= 0.3 is 0 Å². The Balaban J connectivity index is 1.73. The summed E-state index contributed by atoms with van der Waals surface area (Å²) in [5.74, 6) is 0. The number of likely N-dealkylation sites (N-methyl/N-ethyl adjacent to an activating group) is 1. The molecule has 1 aliphatic carbocycles. The number of hydrogen-bond acceptors (Lipinski definition) is 4. The standard InChI is InChI=1S/C27H40BrN3O/c1-29(2)22-14-13-21-17-24-25(28)18-23(30(3)4)20-27(24)31(26(21)19-22)15-11-9-7-5-6-8-10-12-16-32/h13-14,17-20,25,32H,5-12,15-16H2,1-4H3. The maximum absolute atomic E-state index is 8.90. The second kappa shape index (κ2) is 11.9. The summed E-state index contributed by atoms with van der Waals surface area (Å²) in [6, 6.07) is 6.81. The molecule has 1 atom stereocenters. The number of hydrogen-bond donors (Lipinski definition) is 1. The maximum atomic E-state index is 8.90. The Kier molecular flexibility index (Phi) is 9.30.